The molecular formula is C13H14ClN3O3. The van der Waals surface area contributed by atoms with Gasteiger partial charge >= 0.3 is 0 Å². The van der Waals surface area contributed by atoms with Crippen molar-refractivity contribution in [2.24, 2.45) is 0 Å². The first-order valence-corrected chi connectivity index (χ1v) is 6.71. The molecule has 6 nitrogen and oxygen atoms in total. The van der Waals surface area contributed by atoms with Crippen LogP contribution in [0.25, 0.3) is 0 Å². The number of benzene rings is 1. The fourth-order valence-corrected chi connectivity index (χ4v) is 2.01. The van der Waals surface area contributed by atoms with Crippen molar-refractivity contribution in [1.29, 1.82) is 0 Å². The molecule has 0 aliphatic carbocycles. The van der Waals surface area contributed by atoms with Crippen LogP contribution in [0.4, 0.5) is 5.69 Å². The van der Waals surface area contributed by atoms with Gasteiger partial charge in [-0.05, 0) is 18.6 Å². The van der Waals surface area contributed by atoms with E-state index in [0.717, 1.165) is 13.0 Å². The normalized spacial score (nSPS) is 10.5. The molecule has 0 saturated heterocycles. The number of rotatable bonds is 6. The lowest BCUT2D eigenvalue weighted by molar-refractivity contribution is -0.385. The van der Waals surface area contributed by atoms with E-state index in [-0.39, 0.29) is 11.6 Å². The van der Waals surface area contributed by atoms with Crippen LogP contribution < -0.4 is 4.74 Å². The van der Waals surface area contributed by atoms with E-state index >= 15 is 0 Å². The summed E-state index contributed by atoms with van der Waals surface area (Å²) < 4.78 is 7.40. The molecule has 0 bridgehead atoms. The lowest BCUT2D eigenvalue weighted by atomic mass is 10.2. The van der Waals surface area contributed by atoms with Crippen LogP contribution in [0.3, 0.4) is 0 Å². The first-order chi connectivity index (χ1) is 9.63. The fraction of sp³-hybridized carbons (Fsp3) is 0.308. The van der Waals surface area contributed by atoms with Crippen LogP contribution in [-0.4, -0.2) is 14.7 Å². The standard InChI is InChI=1S/C13H14ClN3O3/c1-2-5-16-9-12(8-15-16)20-11-3-4-13(17(18)19)10(6-11)7-14/h3-4,6,8-9H,2,5,7H2,1H3. The van der Waals surface area contributed by atoms with Gasteiger partial charge in [-0.15, -0.1) is 11.6 Å². The summed E-state index contributed by atoms with van der Waals surface area (Å²) in [7, 11) is 0. The highest BCUT2D eigenvalue weighted by atomic mass is 35.5. The van der Waals surface area contributed by atoms with Gasteiger partial charge in [-0.25, -0.2) is 0 Å². The molecular weight excluding hydrogens is 282 g/mol. The van der Waals surface area contributed by atoms with Crippen LogP contribution in [0.2, 0.25) is 0 Å². The Balaban J connectivity index is 2.18. The summed E-state index contributed by atoms with van der Waals surface area (Å²) in [5.74, 6) is 1.15. The number of nitro benzene ring substituents is 1. The van der Waals surface area contributed by atoms with Crippen molar-refractivity contribution in [2.75, 3.05) is 0 Å². The minimum Gasteiger partial charge on any atom is -0.454 e. The monoisotopic (exact) mass is 295 g/mol. The minimum absolute atomic E-state index is 0.00553. The van der Waals surface area contributed by atoms with Gasteiger partial charge in [0.05, 0.1) is 23.2 Å². The number of nitro groups is 1. The van der Waals surface area contributed by atoms with E-state index in [0.29, 0.717) is 17.1 Å². The summed E-state index contributed by atoms with van der Waals surface area (Å²) in [4.78, 5) is 10.4. The molecule has 0 unspecified atom stereocenters. The van der Waals surface area contributed by atoms with Crippen LogP contribution in [0.1, 0.15) is 18.9 Å². The van der Waals surface area contributed by atoms with E-state index in [4.69, 9.17) is 16.3 Å². The van der Waals surface area contributed by atoms with Crippen LogP contribution in [-0.2, 0) is 12.4 Å². The summed E-state index contributed by atoms with van der Waals surface area (Å²) in [6.45, 7) is 2.88. The molecule has 0 atom stereocenters. The Kier molecular flexibility index (Phi) is 4.57. The molecule has 1 heterocycles. The molecule has 106 valence electrons. The summed E-state index contributed by atoms with van der Waals surface area (Å²) in [5.41, 5.74) is 0.421. The largest absolute Gasteiger partial charge is 0.454 e. The zero-order chi connectivity index (χ0) is 14.5. The predicted octanol–water partition coefficient (Wildman–Crippen LogP) is 3.73. The van der Waals surface area contributed by atoms with Crippen molar-refractivity contribution in [1.82, 2.24) is 9.78 Å². The molecule has 1 aromatic heterocycles. The molecule has 0 spiro atoms. The van der Waals surface area contributed by atoms with E-state index in [1.807, 2.05) is 0 Å². The maximum atomic E-state index is 10.8. The van der Waals surface area contributed by atoms with Gasteiger partial charge < -0.3 is 4.74 Å². The van der Waals surface area contributed by atoms with Crippen LogP contribution in [0, 0.1) is 10.1 Å². The van der Waals surface area contributed by atoms with Crippen molar-refractivity contribution in [3.63, 3.8) is 0 Å². The van der Waals surface area contributed by atoms with Gasteiger partial charge in [0.15, 0.2) is 5.75 Å². The van der Waals surface area contributed by atoms with E-state index in [1.54, 1.807) is 29.2 Å². The molecule has 0 amide bonds. The number of aromatic nitrogens is 2. The Bertz CT molecular complexity index is 613. The summed E-state index contributed by atoms with van der Waals surface area (Å²) in [6, 6.07) is 4.51. The van der Waals surface area contributed by atoms with Gasteiger partial charge in [0, 0.05) is 18.2 Å². The minimum atomic E-state index is -0.458. The molecule has 0 radical (unpaired) electrons. The molecule has 1 aromatic carbocycles. The average Bonchev–Trinajstić information content (AvgIpc) is 2.86. The molecule has 0 aliphatic heterocycles. The molecule has 20 heavy (non-hydrogen) atoms. The van der Waals surface area contributed by atoms with Gasteiger partial charge in [-0.2, -0.15) is 5.10 Å². The van der Waals surface area contributed by atoms with Crippen molar-refractivity contribution in [3.05, 3.63) is 46.3 Å². The third kappa shape index (κ3) is 3.27. The topological polar surface area (TPSA) is 70.2 Å². The van der Waals surface area contributed by atoms with Crippen LogP contribution in [0.5, 0.6) is 11.5 Å². The van der Waals surface area contributed by atoms with Crippen LogP contribution in [0.15, 0.2) is 30.6 Å². The van der Waals surface area contributed by atoms with Crippen molar-refractivity contribution in [2.45, 2.75) is 25.8 Å². The first-order valence-electron chi connectivity index (χ1n) is 6.17. The second kappa shape index (κ2) is 6.38. The van der Waals surface area contributed by atoms with Crippen molar-refractivity contribution >= 4 is 17.3 Å². The second-order valence-corrected chi connectivity index (χ2v) is 4.49. The fourth-order valence-electron chi connectivity index (χ4n) is 1.80. The summed E-state index contributed by atoms with van der Waals surface area (Å²) >= 11 is 5.72. The van der Waals surface area contributed by atoms with E-state index in [1.165, 1.54) is 6.07 Å². The first kappa shape index (κ1) is 14.3. The van der Waals surface area contributed by atoms with E-state index in [2.05, 4.69) is 12.0 Å². The van der Waals surface area contributed by atoms with Gasteiger partial charge in [-0.3, -0.25) is 14.8 Å². The van der Waals surface area contributed by atoms with Crippen LogP contribution >= 0.6 is 11.6 Å². The average molecular weight is 296 g/mol. The highest BCUT2D eigenvalue weighted by Gasteiger charge is 2.14. The van der Waals surface area contributed by atoms with E-state index in [9.17, 15) is 10.1 Å². The maximum absolute atomic E-state index is 10.8. The molecule has 0 fully saturated rings. The Morgan fingerprint density at radius 1 is 1.45 bits per heavy atom. The zero-order valence-electron chi connectivity index (χ0n) is 11.0. The smallest absolute Gasteiger partial charge is 0.274 e. The molecule has 2 rings (SSSR count). The van der Waals surface area contributed by atoms with Gasteiger partial charge in [0.25, 0.3) is 5.69 Å². The number of alkyl halides is 1. The summed E-state index contributed by atoms with van der Waals surface area (Å²) in [5, 5.41) is 15.0. The second-order valence-electron chi connectivity index (χ2n) is 4.22. The predicted molar refractivity (Wildman–Crippen MR) is 75.2 cm³/mol. The Hall–Kier alpha value is -2.08. The van der Waals surface area contributed by atoms with Gasteiger partial charge in [-0.1, -0.05) is 6.92 Å². The van der Waals surface area contributed by atoms with Gasteiger partial charge in [0.1, 0.15) is 5.75 Å². The van der Waals surface area contributed by atoms with Crippen molar-refractivity contribution in [3.8, 4) is 11.5 Å². The maximum Gasteiger partial charge on any atom is 0.274 e. The molecule has 0 aliphatic rings. The number of ether oxygens (including phenoxy) is 1. The van der Waals surface area contributed by atoms with Gasteiger partial charge in [0.2, 0.25) is 0 Å². The Morgan fingerprint density at radius 2 is 2.25 bits per heavy atom. The lowest BCUT2D eigenvalue weighted by Crippen LogP contribution is -1.95. The Labute approximate surface area is 121 Å². The van der Waals surface area contributed by atoms with E-state index < -0.39 is 4.92 Å². The third-order valence-electron chi connectivity index (χ3n) is 2.69. The molecule has 7 heteroatoms. The highest BCUT2D eigenvalue weighted by Crippen LogP contribution is 2.28. The number of halogens is 1. The SMILES string of the molecule is CCCn1cc(Oc2ccc([N+](=O)[O-])c(CCl)c2)cn1. The molecule has 2 aromatic rings. The Morgan fingerprint density at radius 3 is 2.90 bits per heavy atom. The summed E-state index contributed by atoms with van der Waals surface area (Å²) in [6.07, 6.45) is 4.37. The zero-order valence-corrected chi connectivity index (χ0v) is 11.7. The molecule has 0 saturated carbocycles. The highest BCUT2D eigenvalue weighted by molar-refractivity contribution is 6.17. The molecule has 0 N–H and O–H groups in total. The number of hydrogen-bond acceptors (Lipinski definition) is 4. The number of nitrogens with zero attached hydrogens (tertiary/aromatic N) is 3. The lowest BCUT2D eigenvalue weighted by Gasteiger charge is -2.05. The third-order valence-corrected chi connectivity index (χ3v) is 2.98. The number of aryl methyl sites for hydroxylation is 1. The number of hydrogen-bond donors (Lipinski definition) is 0. The quantitative estimate of drug-likeness (QED) is 0.462. The van der Waals surface area contributed by atoms with Crippen molar-refractivity contribution < 1.29 is 9.66 Å².